The molecule has 1 saturated heterocycles. The molecule has 1 aliphatic rings. The van der Waals surface area contributed by atoms with Crippen molar-refractivity contribution in [1.29, 1.82) is 0 Å². The van der Waals surface area contributed by atoms with E-state index in [1.165, 1.54) is 16.4 Å². The van der Waals surface area contributed by atoms with Crippen LogP contribution >= 0.6 is 12.4 Å². The summed E-state index contributed by atoms with van der Waals surface area (Å²) in [5, 5.41) is 0. The second-order valence-corrected chi connectivity index (χ2v) is 7.20. The fraction of sp³-hybridized carbons (Fsp3) is 0.571. The van der Waals surface area contributed by atoms with Gasteiger partial charge in [0.2, 0.25) is 10.0 Å². The van der Waals surface area contributed by atoms with Crippen LogP contribution < -0.4 is 5.73 Å². The minimum Gasteiger partial charge on any atom is -0.329 e. The van der Waals surface area contributed by atoms with Crippen LogP contribution in [-0.2, 0) is 10.0 Å². The van der Waals surface area contributed by atoms with Crippen LogP contribution in [0.5, 0.6) is 0 Å². The first-order valence-electron chi connectivity index (χ1n) is 6.86. The molecule has 21 heavy (non-hydrogen) atoms. The van der Waals surface area contributed by atoms with Gasteiger partial charge in [0.15, 0.2) is 0 Å². The molecule has 1 fully saturated rings. The predicted molar refractivity (Wildman–Crippen MR) is 83.7 cm³/mol. The average molecular weight is 337 g/mol. The number of halogens is 2. The number of hydrogen-bond acceptors (Lipinski definition) is 3. The molecular formula is C14H22ClFN2O2S. The number of piperidine rings is 1. The minimum absolute atomic E-state index is 0. The van der Waals surface area contributed by atoms with Crippen LogP contribution in [0.2, 0.25) is 0 Å². The van der Waals surface area contributed by atoms with E-state index in [-0.39, 0.29) is 23.3 Å². The van der Waals surface area contributed by atoms with Gasteiger partial charge in [-0.1, -0.05) is 6.42 Å². The van der Waals surface area contributed by atoms with E-state index in [4.69, 9.17) is 5.73 Å². The molecule has 7 heteroatoms. The zero-order chi connectivity index (χ0) is 14.9. The summed E-state index contributed by atoms with van der Waals surface area (Å²) in [5.74, 6) is -0.409. The zero-order valence-electron chi connectivity index (χ0n) is 12.3. The van der Waals surface area contributed by atoms with E-state index < -0.39 is 15.8 Å². The standard InChI is InChI=1S/C14H21FN2O2S.ClH/c1-10-7-12(15)8-11(2)14(10)20(18,19)17-6-4-3-5-13(17)9-16;/h7-8,13H,3-6,9,16H2,1-2H3;1H. The molecule has 1 aromatic rings. The van der Waals surface area contributed by atoms with E-state index in [2.05, 4.69) is 0 Å². The Morgan fingerprint density at radius 2 is 1.86 bits per heavy atom. The van der Waals surface area contributed by atoms with Crippen molar-refractivity contribution in [2.75, 3.05) is 13.1 Å². The van der Waals surface area contributed by atoms with Crippen molar-refractivity contribution in [2.45, 2.75) is 44.0 Å². The number of sulfonamides is 1. The molecule has 2 N–H and O–H groups in total. The fourth-order valence-corrected chi connectivity index (χ4v) is 5.07. The Bertz CT molecular complexity index is 584. The number of rotatable bonds is 3. The highest BCUT2D eigenvalue weighted by atomic mass is 35.5. The lowest BCUT2D eigenvalue weighted by Crippen LogP contribution is -2.47. The Labute approximate surface area is 132 Å². The van der Waals surface area contributed by atoms with Crippen LogP contribution in [0.3, 0.4) is 0 Å². The third kappa shape index (κ3) is 3.56. The van der Waals surface area contributed by atoms with E-state index >= 15 is 0 Å². The van der Waals surface area contributed by atoms with Gasteiger partial charge in [-0.2, -0.15) is 4.31 Å². The Morgan fingerprint density at radius 3 is 2.38 bits per heavy atom. The largest absolute Gasteiger partial charge is 0.329 e. The van der Waals surface area contributed by atoms with Crippen molar-refractivity contribution in [1.82, 2.24) is 4.31 Å². The van der Waals surface area contributed by atoms with Gasteiger partial charge in [0.25, 0.3) is 0 Å². The third-order valence-corrected chi connectivity index (χ3v) is 6.10. The van der Waals surface area contributed by atoms with Crippen molar-refractivity contribution in [2.24, 2.45) is 5.73 Å². The Morgan fingerprint density at radius 1 is 1.29 bits per heavy atom. The topological polar surface area (TPSA) is 63.4 Å². The van der Waals surface area contributed by atoms with Crippen LogP contribution in [0.25, 0.3) is 0 Å². The highest BCUT2D eigenvalue weighted by molar-refractivity contribution is 7.89. The minimum atomic E-state index is -3.61. The van der Waals surface area contributed by atoms with Gasteiger partial charge in [-0.15, -0.1) is 12.4 Å². The van der Waals surface area contributed by atoms with Crippen molar-refractivity contribution in [3.8, 4) is 0 Å². The molecule has 0 amide bonds. The van der Waals surface area contributed by atoms with E-state index in [0.717, 1.165) is 19.3 Å². The Hall–Kier alpha value is -0.690. The van der Waals surface area contributed by atoms with Gasteiger partial charge in [-0.05, 0) is 49.9 Å². The van der Waals surface area contributed by atoms with Crippen LogP contribution in [0.4, 0.5) is 4.39 Å². The summed E-state index contributed by atoms with van der Waals surface area (Å²) in [4.78, 5) is 0.222. The summed E-state index contributed by atoms with van der Waals surface area (Å²) < 4.78 is 40.6. The molecule has 120 valence electrons. The maximum absolute atomic E-state index is 13.4. The summed E-state index contributed by atoms with van der Waals surface area (Å²) in [6.45, 7) is 4.06. The molecule has 0 aromatic heterocycles. The highest BCUT2D eigenvalue weighted by Crippen LogP contribution is 2.29. The molecule has 0 spiro atoms. The van der Waals surface area contributed by atoms with Gasteiger partial charge in [0, 0.05) is 19.1 Å². The second-order valence-electron chi connectivity index (χ2n) is 5.37. The molecule has 1 unspecified atom stereocenters. The monoisotopic (exact) mass is 336 g/mol. The first kappa shape index (κ1) is 18.4. The number of hydrogen-bond donors (Lipinski definition) is 1. The van der Waals surface area contributed by atoms with Crippen molar-refractivity contribution in [3.63, 3.8) is 0 Å². The molecule has 1 aliphatic heterocycles. The number of nitrogens with zero attached hydrogens (tertiary/aromatic N) is 1. The van der Waals surface area contributed by atoms with Crippen LogP contribution in [0.15, 0.2) is 17.0 Å². The molecule has 2 rings (SSSR count). The lowest BCUT2D eigenvalue weighted by Gasteiger charge is -2.34. The molecule has 1 aromatic carbocycles. The molecule has 4 nitrogen and oxygen atoms in total. The highest BCUT2D eigenvalue weighted by Gasteiger charge is 2.34. The molecular weight excluding hydrogens is 315 g/mol. The molecule has 1 atom stereocenters. The summed E-state index contributed by atoms with van der Waals surface area (Å²) in [6.07, 6.45) is 2.62. The van der Waals surface area contributed by atoms with Crippen molar-refractivity contribution < 1.29 is 12.8 Å². The molecule has 1 heterocycles. The van der Waals surface area contributed by atoms with Gasteiger partial charge >= 0.3 is 0 Å². The van der Waals surface area contributed by atoms with E-state index in [9.17, 15) is 12.8 Å². The normalized spacial score (nSPS) is 20.1. The SMILES string of the molecule is Cc1cc(F)cc(C)c1S(=O)(=O)N1CCCCC1CN.Cl. The lowest BCUT2D eigenvalue weighted by molar-refractivity contribution is 0.257. The summed E-state index contributed by atoms with van der Waals surface area (Å²) in [5.41, 5.74) is 6.60. The van der Waals surface area contributed by atoms with E-state index in [1.807, 2.05) is 0 Å². The van der Waals surface area contributed by atoms with E-state index in [1.54, 1.807) is 13.8 Å². The maximum Gasteiger partial charge on any atom is 0.243 e. The summed E-state index contributed by atoms with van der Waals surface area (Å²) in [6, 6.07) is 2.38. The second kappa shape index (κ2) is 7.05. The third-order valence-electron chi connectivity index (χ3n) is 3.84. The molecule has 0 aliphatic carbocycles. The maximum atomic E-state index is 13.4. The van der Waals surface area contributed by atoms with Crippen LogP contribution in [-0.4, -0.2) is 31.9 Å². The van der Waals surface area contributed by atoms with Gasteiger partial charge < -0.3 is 5.73 Å². The zero-order valence-corrected chi connectivity index (χ0v) is 13.9. The van der Waals surface area contributed by atoms with Gasteiger partial charge in [0.05, 0.1) is 4.90 Å². The fourth-order valence-electron chi connectivity index (χ4n) is 2.95. The number of benzene rings is 1. The summed E-state index contributed by atoms with van der Waals surface area (Å²) in [7, 11) is -3.61. The Balaban J connectivity index is 0.00000220. The van der Waals surface area contributed by atoms with Crippen molar-refractivity contribution in [3.05, 3.63) is 29.1 Å². The predicted octanol–water partition coefficient (Wildman–Crippen LogP) is 2.37. The van der Waals surface area contributed by atoms with Gasteiger partial charge in [-0.3, -0.25) is 0 Å². The van der Waals surface area contributed by atoms with Crippen LogP contribution in [0, 0.1) is 19.7 Å². The quantitative estimate of drug-likeness (QED) is 0.921. The average Bonchev–Trinajstić information content (AvgIpc) is 2.37. The molecule has 0 bridgehead atoms. The van der Waals surface area contributed by atoms with Crippen molar-refractivity contribution >= 4 is 22.4 Å². The molecule has 0 radical (unpaired) electrons. The van der Waals surface area contributed by atoms with E-state index in [0.29, 0.717) is 24.2 Å². The first-order chi connectivity index (χ1) is 9.37. The summed E-state index contributed by atoms with van der Waals surface area (Å²) >= 11 is 0. The van der Waals surface area contributed by atoms with Crippen LogP contribution in [0.1, 0.15) is 30.4 Å². The molecule has 0 saturated carbocycles. The lowest BCUT2D eigenvalue weighted by atomic mass is 10.1. The number of nitrogens with two attached hydrogens (primary N) is 1. The first-order valence-corrected chi connectivity index (χ1v) is 8.30. The number of aryl methyl sites for hydroxylation is 2. The van der Waals surface area contributed by atoms with Gasteiger partial charge in [0.1, 0.15) is 5.82 Å². The Kier molecular flexibility index (Phi) is 6.16. The smallest absolute Gasteiger partial charge is 0.243 e. The van der Waals surface area contributed by atoms with Gasteiger partial charge in [-0.25, -0.2) is 12.8 Å².